The number of nitrogens with zero attached hydrogens (tertiary/aromatic N) is 2. The third-order valence-electron chi connectivity index (χ3n) is 5.15. The molecule has 2 amide bonds. The molecule has 3 rings (SSSR count). The quantitative estimate of drug-likeness (QED) is 0.587. The first-order valence-electron chi connectivity index (χ1n) is 10.2. The van der Waals surface area contributed by atoms with E-state index >= 15 is 0 Å². The molecule has 2 aromatic carbocycles. The largest absolute Gasteiger partial charge is 0.483 e. The maximum absolute atomic E-state index is 12.7. The highest BCUT2D eigenvalue weighted by molar-refractivity contribution is 5.81. The molecule has 0 saturated heterocycles. The van der Waals surface area contributed by atoms with Crippen molar-refractivity contribution in [2.75, 3.05) is 20.7 Å². The van der Waals surface area contributed by atoms with Gasteiger partial charge in [-0.05, 0) is 30.0 Å². The van der Waals surface area contributed by atoms with Crippen molar-refractivity contribution in [3.8, 4) is 5.75 Å². The smallest absolute Gasteiger partial charge is 0.259 e. The van der Waals surface area contributed by atoms with Crippen LogP contribution in [0.25, 0.3) is 10.9 Å². The summed E-state index contributed by atoms with van der Waals surface area (Å²) in [6.45, 7) is 2.60. The van der Waals surface area contributed by atoms with Crippen LogP contribution >= 0.6 is 0 Å². The Morgan fingerprint density at radius 3 is 2.57 bits per heavy atom. The lowest BCUT2D eigenvalue weighted by Crippen LogP contribution is -2.30. The Balaban J connectivity index is 1.63. The third-order valence-corrected chi connectivity index (χ3v) is 5.15. The third kappa shape index (κ3) is 5.20. The molecular weight excluding hydrogens is 378 g/mol. The zero-order chi connectivity index (χ0) is 21.5. The van der Waals surface area contributed by atoms with E-state index in [1.54, 1.807) is 14.1 Å². The minimum Gasteiger partial charge on any atom is -0.483 e. The lowest BCUT2D eigenvalue weighted by Gasteiger charge is -2.21. The van der Waals surface area contributed by atoms with E-state index < -0.39 is 0 Å². The van der Waals surface area contributed by atoms with Crippen LogP contribution in [-0.2, 0) is 16.1 Å². The Labute approximate surface area is 177 Å². The van der Waals surface area contributed by atoms with E-state index in [2.05, 4.69) is 28.1 Å². The Hall–Kier alpha value is -3.28. The Morgan fingerprint density at radius 2 is 1.80 bits per heavy atom. The van der Waals surface area contributed by atoms with Crippen molar-refractivity contribution in [1.82, 2.24) is 14.8 Å². The lowest BCUT2D eigenvalue weighted by atomic mass is 10.0. The molecule has 1 unspecified atom stereocenters. The van der Waals surface area contributed by atoms with Gasteiger partial charge >= 0.3 is 0 Å². The van der Waals surface area contributed by atoms with Crippen LogP contribution in [0, 0.1) is 0 Å². The van der Waals surface area contributed by atoms with Gasteiger partial charge in [0.05, 0.1) is 6.04 Å². The van der Waals surface area contributed by atoms with E-state index in [1.807, 2.05) is 49.5 Å². The van der Waals surface area contributed by atoms with Gasteiger partial charge in [-0.25, -0.2) is 0 Å². The molecule has 0 aliphatic carbocycles. The highest BCUT2D eigenvalue weighted by Crippen LogP contribution is 2.27. The van der Waals surface area contributed by atoms with Crippen LogP contribution in [0.3, 0.4) is 0 Å². The number of hydrogen-bond donors (Lipinski definition) is 1. The number of nitrogens with one attached hydrogen (secondary N) is 1. The van der Waals surface area contributed by atoms with E-state index in [1.165, 1.54) is 10.3 Å². The molecule has 3 aromatic rings. The topological polar surface area (TPSA) is 63.6 Å². The molecule has 0 bridgehead atoms. The summed E-state index contributed by atoms with van der Waals surface area (Å²) in [5.74, 6) is 0.496. The number of aromatic nitrogens is 1. The predicted octanol–water partition coefficient (Wildman–Crippen LogP) is 3.77. The molecule has 1 atom stereocenters. The second-order valence-corrected chi connectivity index (χ2v) is 7.46. The summed E-state index contributed by atoms with van der Waals surface area (Å²) in [6.07, 6.45) is 3.12. The van der Waals surface area contributed by atoms with Gasteiger partial charge in [-0.1, -0.05) is 43.3 Å². The lowest BCUT2D eigenvalue weighted by molar-refractivity contribution is -0.130. The summed E-state index contributed by atoms with van der Waals surface area (Å²) >= 11 is 0. The number of ether oxygens (including phenoxy) is 1. The van der Waals surface area contributed by atoms with Crippen molar-refractivity contribution in [2.45, 2.75) is 32.4 Å². The number of fused-ring (bicyclic) bond motifs is 1. The second kappa shape index (κ2) is 9.96. The summed E-state index contributed by atoms with van der Waals surface area (Å²) in [6, 6.07) is 17.6. The van der Waals surface area contributed by atoms with E-state index in [9.17, 15) is 9.59 Å². The number of hydrogen-bond acceptors (Lipinski definition) is 3. The fourth-order valence-corrected chi connectivity index (χ4v) is 3.39. The van der Waals surface area contributed by atoms with Gasteiger partial charge in [0.25, 0.3) is 5.91 Å². The van der Waals surface area contributed by atoms with E-state index in [4.69, 9.17) is 4.74 Å². The number of rotatable bonds is 9. The first kappa shape index (κ1) is 21.4. The minimum absolute atomic E-state index is 0.0150. The molecule has 158 valence electrons. The SMILES string of the molecule is CCC(NC(=O)CCn1ccc2ccccc21)c1ccccc1OCC(=O)N(C)C. The number of carbonyl (C=O) groups is 2. The number of benzene rings is 2. The maximum Gasteiger partial charge on any atom is 0.259 e. The summed E-state index contributed by atoms with van der Waals surface area (Å²) in [4.78, 5) is 26.0. The van der Waals surface area contributed by atoms with E-state index in [0.717, 1.165) is 17.5 Å². The van der Waals surface area contributed by atoms with Crippen LogP contribution in [0.5, 0.6) is 5.75 Å². The van der Waals surface area contributed by atoms with Crippen LogP contribution in [-0.4, -0.2) is 42.0 Å². The second-order valence-electron chi connectivity index (χ2n) is 7.46. The molecule has 0 fully saturated rings. The van der Waals surface area contributed by atoms with Gasteiger partial charge in [0.2, 0.25) is 5.91 Å². The number of likely N-dealkylation sites (N-methyl/N-ethyl adjacent to an activating group) is 1. The van der Waals surface area contributed by atoms with Gasteiger partial charge < -0.3 is 19.5 Å². The predicted molar refractivity (Wildman–Crippen MR) is 118 cm³/mol. The molecule has 1 heterocycles. The summed E-state index contributed by atoms with van der Waals surface area (Å²) < 4.78 is 7.84. The number of carbonyl (C=O) groups excluding carboxylic acids is 2. The molecule has 0 spiro atoms. The molecule has 0 aliphatic rings. The van der Waals surface area contributed by atoms with Crippen LogP contribution in [0.15, 0.2) is 60.8 Å². The zero-order valence-corrected chi connectivity index (χ0v) is 17.8. The van der Waals surface area contributed by atoms with Crippen molar-refractivity contribution in [1.29, 1.82) is 0 Å². The Morgan fingerprint density at radius 1 is 1.07 bits per heavy atom. The van der Waals surface area contributed by atoms with Crippen LogP contribution in [0.4, 0.5) is 0 Å². The number of aryl methyl sites for hydroxylation is 1. The van der Waals surface area contributed by atoms with Crippen molar-refractivity contribution in [2.24, 2.45) is 0 Å². The molecule has 1 N–H and O–H groups in total. The standard InChI is InChI=1S/C24H29N3O3/c1-4-20(19-10-6-8-12-22(19)30-17-24(29)26(2)3)25-23(28)14-16-27-15-13-18-9-5-7-11-21(18)27/h5-13,15,20H,4,14,16-17H2,1-3H3,(H,25,28). The normalized spacial score (nSPS) is 11.8. The number of amides is 2. The van der Waals surface area contributed by atoms with Gasteiger partial charge in [-0.3, -0.25) is 9.59 Å². The van der Waals surface area contributed by atoms with Crippen LogP contribution in [0.1, 0.15) is 31.4 Å². The first-order valence-corrected chi connectivity index (χ1v) is 10.2. The van der Waals surface area contributed by atoms with Crippen molar-refractivity contribution in [3.63, 3.8) is 0 Å². The summed E-state index contributed by atoms with van der Waals surface area (Å²) in [7, 11) is 3.39. The highest BCUT2D eigenvalue weighted by Gasteiger charge is 2.18. The monoisotopic (exact) mass is 407 g/mol. The Kier molecular flexibility index (Phi) is 7.12. The fourth-order valence-electron chi connectivity index (χ4n) is 3.39. The van der Waals surface area contributed by atoms with Gasteiger partial charge in [0.1, 0.15) is 5.75 Å². The molecule has 0 radical (unpaired) electrons. The van der Waals surface area contributed by atoms with Crippen molar-refractivity contribution >= 4 is 22.7 Å². The average Bonchev–Trinajstić information content (AvgIpc) is 3.17. The van der Waals surface area contributed by atoms with Gasteiger partial charge in [-0.2, -0.15) is 0 Å². The molecule has 1 aromatic heterocycles. The molecule has 6 heteroatoms. The van der Waals surface area contributed by atoms with E-state index in [-0.39, 0.29) is 24.5 Å². The van der Waals surface area contributed by atoms with Crippen molar-refractivity contribution < 1.29 is 14.3 Å². The molecule has 0 aliphatic heterocycles. The molecule has 0 saturated carbocycles. The molecule has 30 heavy (non-hydrogen) atoms. The van der Waals surface area contributed by atoms with Crippen LogP contribution < -0.4 is 10.1 Å². The van der Waals surface area contributed by atoms with Gasteiger partial charge in [-0.15, -0.1) is 0 Å². The summed E-state index contributed by atoms with van der Waals surface area (Å²) in [5, 5.41) is 4.29. The average molecular weight is 408 g/mol. The maximum atomic E-state index is 12.7. The van der Waals surface area contributed by atoms with Gasteiger partial charge in [0, 0.05) is 44.3 Å². The Bertz CT molecular complexity index is 1010. The van der Waals surface area contributed by atoms with Crippen molar-refractivity contribution in [3.05, 3.63) is 66.4 Å². The summed E-state index contributed by atoms with van der Waals surface area (Å²) in [5.41, 5.74) is 2.01. The fraction of sp³-hybridized carbons (Fsp3) is 0.333. The molecular formula is C24H29N3O3. The molecule has 6 nitrogen and oxygen atoms in total. The highest BCUT2D eigenvalue weighted by atomic mass is 16.5. The first-order chi connectivity index (χ1) is 14.5. The zero-order valence-electron chi connectivity index (χ0n) is 17.8. The minimum atomic E-state index is -0.176. The number of para-hydroxylation sites is 2. The van der Waals surface area contributed by atoms with Crippen LogP contribution in [0.2, 0.25) is 0 Å². The van der Waals surface area contributed by atoms with E-state index in [0.29, 0.717) is 18.7 Å². The van der Waals surface area contributed by atoms with Gasteiger partial charge in [0.15, 0.2) is 6.61 Å².